The monoisotopic (exact) mass is 240 g/mol. The fourth-order valence-corrected chi connectivity index (χ4v) is 1.54. The quantitative estimate of drug-likeness (QED) is 0.489. The van der Waals surface area contributed by atoms with E-state index in [1.165, 1.54) is 0 Å². The van der Waals surface area contributed by atoms with Gasteiger partial charge in [0.25, 0.3) is 0 Å². The van der Waals surface area contributed by atoms with Gasteiger partial charge in [-0.05, 0) is 18.6 Å². The Morgan fingerprint density at radius 1 is 1.38 bits per heavy atom. The van der Waals surface area contributed by atoms with E-state index in [1.54, 1.807) is 0 Å². The van der Waals surface area contributed by atoms with Crippen LogP contribution in [-0.4, -0.2) is 24.9 Å². The number of benzene rings is 1. The molecule has 0 spiro atoms. The number of alkyl halides is 1. The highest BCUT2D eigenvalue weighted by Crippen LogP contribution is 2.36. The molecule has 0 amide bonds. The molecule has 0 atom stereocenters. The van der Waals surface area contributed by atoms with E-state index in [2.05, 4.69) is 4.99 Å². The highest BCUT2D eigenvalue weighted by atomic mass is 35.5. The maximum absolute atomic E-state index is 5.60. The van der Waals surface area contributed by atoms with E-state index in [0.29, 0.717) is 24.8 Å². The topological polar surface area (TPSA) is 56.8 Å². The van der Waals surface area contributed by atoms with E-state index in [1.807, 2.05) is 19.1 Å². The van der Waals surface area contributed by atoms with Crippen LogP contribution in [0, 0.1) is 6.92 Å². The van der Waals surface area contributed by atoms with Crippen molar-refractivity contribution < 1.29 is 9.47 Å². The maximum atomic E-state index is 5.60. The van der Waals surface area contributed by atoms with Crippen molar-refractivity contribution in [2.45, 2.75) is 6.92 Å². The van der Waals surface area contributed by atoms with Crippen LogP contribution in [0.2, 0.25) is 0 Å². The van der Waals surface area contributed by atoms with Crippen molar-refractivity contribution in [3.05, 3.63) is 17.7 Å². The maximum Gasteiger partial charge on any atom is 0.163 e. The summed E-state index contributed by atoms with van der Waals surface area (Å²) in [5.74, 6) is 2.07. The van der Waals surface area contributed by atoms with Crippen molar-refractivity contribution >= 4 is 23.1 Å². The van der Waals surface area contributed by atoms with Gasteiger partial charge in [0.05, 0.1) is 11.6 Å². The smallest absolute Gasteiger partial charge is 0.163 e. The Morgan fingerprint density at radius 2 is 2.00 bits per heavy atom. The molecule has 2 rings (SSSR count). The number of ether oxygens (including phenoxy) is 2. The Kier molecular flexibility index (Phi) is 3.19. The van der Waals surface area contributed by atoms with Crippen LogP contribution < -0.4 is 15.2 Å². The number of aryl methyl sites for hydroxylation is 1. The fourth-order valence-electron chi connectivity index (χ4n) is 1.48. The molecule has 0 saturated carbocycles. The van der Waals surface area contributed by atoms with E-state index in [0.717, 1.165) is 17.0 Å². The molecule has 2 N–H and O–H groups in total. The van der Waals surface area contributed by atoms with E-state index < -0.39 is 0 Å². The molecule has 0 bridgehead atoms. The first-order valence-corrected chi connectivity index (χ1v) is 5.53. The molecule has 86 valence electrons. The second-order valence-electron chi connectivity index (χ2n) is 3.52. The Morgan fingerprint density at radius 3 is 2.62 bits per heavy atom. The van der Waals surface area contributed by atoms with Crippen LogP contribution >= 0.6 is 11.6 Å². The number of nitrogens with two attached hydrogens (primary N) is 1. The third-order valence-electron chi connectivity index (χ3n) is 2.26. The molecule has 1 aromatic carbocycles. The van der Waals surface area contributed by atoms with Crippen molar-refractivity contribution in [1.82, 2.24) is 0 Å². The minimum Gasteiger partial charge on any atom is -0.486 e. The molecule has 1 aliphatic rings. The number of aliphatic imine (C=N–C) groups is 1. The SMILES string of the molecule is Cc1cc2c(cc1N=C(N)CCl)OCCO2. The summed E-state index contributed by atoms with van der Waals surface area (Å²) in [5.41, 5.74) is 7.35. The third-order valence-corrected chi connectivity index (χ3v) is 2.54. The molecule has 1 heterocycles. The third kappa shape index (κ3) is 2.22. The van der Waals surface area contributed by atoms with Crippen molar-refractivity contribution in [2.75, 3.05) is 19.1 Å². The van der Waals surface area contributed by atoms with Gasteiger partial charge in [0.2, 0.25) is 0 Å². The predicted octanol–water partition coefficient (Wildman–Crippen LogP) is 1.99. The lowest BCUT2D eigenvalue weighted by Crippen LogP contribution is -2.15. The summed E-state index contributed by atoms with van der Waals surface area (Å²) in [4.78, 5) is 4.21. The molecule has 0 aliphatic carbocycles. The molecule has 1 aromatic rings. The van der Waals surface area contributed by atoms with Gasteiger partial charge in [-0.2, -0.15) is 0 Å². The summed E-state index contributed by atoms with van der Waals surface area (Å²) in [6, 6.07) is 3.72. The van der Waals surface area contributed by atoms with Gasteiger partial charge in [-0.25, -0.2) is 4.99 Å². The Labute approximate surface area is 99.0 Å². The Bertz CT molecular complexity index is 432. The van der Waals surface area contributed by atoms with E-state index in [4.69, 9.17) is 26.8 Å². The number of hydrogen-bond donors (Lipinski definition) is 1. The van der Waals surface area contributed by atoms with Gasteiger partial charge in [0, 0.05) is 6.07 Å². The molecule has 16 heavy (non-hydrogen) atoms. The number of hydrogen-bond acceptors (Lipinski definition) is 3. The van der Waals surface area contributed by atoms with E-state index in [-0.39, 0.29) is 5.88 Å². The molecule has 0 radical (unpaired) electrons. The van der Waals surface area contributed by atoms with Gasteiger partial charge >= 0.3 is 0 Å². The standard InChI is InChI=1S/C11H13ClN2O2/c1-7-4-9-10(16-3-2-15-9)5-8(7)14-11(13)6-12/h4-5H,2-3,6H2,1H3,(H2,13,14). The van der Waals surface area contributed by atoms with Gasteiger partial charge < -0.3 is 15.2 Å². The second-order valence-corrected chi connectivity index (χ2v) is 3.79. The first-order valence-electron chi connectivity index (χ1n) is 5.00. The van der Waals surface area contributed by atoms with Crippen molar-refractivity contribution in [3.8, 4) is 11.5 Å². The minimum atomic E-state index is 0.216. The molecule has 1 aliphatic heterocycles. The summed E-state index contributed by atoms with van der Waals surface area (Å²) in [6.07, 6.45) is 0. The van der Waals surface area contributed by atoms with Crippen molar-refractivity contribution in [1.29, 1.82) is 0 Å². The van der Waals surface area contributed by atoms with Gasteiger partial charge in [0.15, 0.2) is 11.5 Å². The van der Waals surface area contributed by atoms with Gasteiger partial charge in [-0.15, -0.1) is 11.6 Å². The average Bonchev–Trinajstić information content (AvgIpc) is 2.30. The molecule has 0 saturated heterocycles. The van der Waals surface area contributed by atoms with Crippen LogP contribution in [0.3, 0.4) is 0 Å². The van der Waals surface area contributed by atoms with Crippen LogP contribution in [0.4, 0.5) is 5.69 Å². The van der Waals surface area contributed by atoms with Crippen LogP contribution in [0.1, 0.15) is 5.56 Å². The normalized spacial score (nSPS) is 15.0. The first kappa shape index (κ1) is 11.1. The lowest BCUT2D eigenvalue weighted by Gasteiger charge is -2.19. The summed E-state index contributed by atoms with van der Waals surface area (Å²) in [5, 5.41) is 0. The van der Waals surface area contributed by atoms with Crippen molar-refractivity contribution in [3.63, 3.8) is 0 Å². The zero-order chi connectivity index (χ0) is 11.5. The minimum absolute atomic E-state index is 0.216. The van der Waals surface area contributed by atoms with Crippen LogP contribution in [0.5, 0.6) is 11.5 Å². The predicted molar refractivity (Wildman–Crippen MR) is 64.2 cm³/mol. The molecule has 0 aromatic heterocycles. The second kappa shape index (κ2) is 4.61. The van der Waals surface area contributed by atoms with E-state index in [9.17, 15) is 0 Å². The Hall–Kier alpha value is -1.42. The number of rotatable bonds is 2. The molecule has 0 fully saturated rings. The Balaban J connectivity index is 2.39. The van der Waals surface area contributed by atoms with Gasteiger partial charge in [-0.1, -0.05) is 0 Å². The molecule has 4 nitrogen and oxygen atoms in total. The molecular formula is C11H13ClN2O2. The zero-order valence-corrected chi connectivity index (χ0v) is 9.75. The highest BCUT2D eigenvalue weighted by molar-refractivity contribution is 6.28. The van der Waals surface area contributed by atoms with Crippen LogP contribution in [-0.2, 0) is 0 Å². The largest absolute Gasteiger partial charge is 0.486 e. The van der Waals surface area contributed by atoms with Gasteiger partial charge in [-0.3, -0.25) is 0 Å². The van der Waals surface area contributed by atoms with Crippen molar-refractivity contribution in [2.24, 2.45) is 10.7 Å². The van der Waals surface area contributed by atoms with Crippen LogP contribution in [0.25, 0.3) is 0 Å². The highest BCUT2D eigenvalue weighted by Gasteiger charge is 2.13. The first-order chi connectivity index (χ1) is 7.70. The van der Waals surface area contributed by atoms with E-state index >= 15 is 0 Å². The fraction of sp³-hybridized carbons (Fsp3) is 0.364. The van der Waals surface area contributed by atoms with Gasteiger partial charge in [0.1, 0.15) is 19.0 Å². The molecular weight excluding hydrogens is 228 g/mol. The van der Waals surface area contributed by atoms with Crippen LogP contribution in [0.15, 0.2) is 17.1 Å². The number of nitrogens with zero attached hydrogens (tertiary/aromatic N) is 1. The number of fused-ring (bicyclic) bond motifs is 1. The molecule has 5 heteroatoms. The number of amidine groups is 1. The summed E-state index contributed by atoms with van der Waals surface area (Å²) in [7, 11) is 0. The average molecular weight is 241 g/mol. The summed E-state index contributed by atoms with van der Waals surface area (Å²) >= 11 is 5.59. The summed E-state index contributed by atoms with van der Waals surface area (Å²) in [6.45, 7) is 3.08. The lowest BCUT2D eigenvalue weighted by molar-refractivity contribution is 0.171. The molecule has 0 unspecified atom stereocenters. The zero-order valence-electron chi connectivity index (χ0n) is 9.00. The summed E-state index contributed by atoms with van der Waals surface area (Å²) < 4.78 is 10.9. The number of halogens is 1. The lowest BCUT2D eigenvalue weighted by atomic mass is 10.1.